The molecular formula is C7H8N2O. The largest absolute Gasteiger partial charge is 0.455 e. The van der Waals surface area contributed by atoms with Gasteiger partial charge < -0.3 is 9.64 Å². The van der Waals surface area contributed by atoms with E-state index in [1.807, 2.05) is 24.1 Å². The summed E-state index contributed by atoms with van der Waals surface area (Å²) in [6, 6.07) is 3.90. The summed E-state index contributed by atoms with van der Waals surface area (Å²) in [6.45, 7) is 0.617. The Morgan fingerprint density at radius 1 is 1.70 bits per heavy atom. The lowest BCUT2D eigenvalue weighted by molar-refractivity contribution is 0.341. The number of rotatable bonds is 0. The Labute approximate surface area is 59.2 Å². The third-order valence-electron chi connectivity index (χ3n) is 1.56. The molecule has 10 heavy (non-hydrogen) atoms. The number of anilines is 1. The number of pyridine rings is 1. The van der Waals surface area contributed by atoms with Gasteiger partial charge in [0.1, 0.15) is 5.69 Å². The van der Waals surface area contributed by atoms with E-state index in [9.17, 15) is 0 Å². The van der Waals surface area contributed by atoms with Crippen LogP contribution in [0.2, 0.25) is 0 Å². The molecule has 0 aromatic carbocycles. The van der Waals surface area contributed by atoms with Crippen molar-refractivity contribution in [1.82, 2.24) is 4.98 Å². The Morgan fingerprint density at radius 3 is 3.40 bits per heavy atom. The Hall–Kier alpha value is -1.25. The minimum absolute atomic E-state index is 0.617. The van der Waals surface area contributed by atoms with E-state index >= 15 is 0 Å². The minimum atomic E-state index is 0.617. The zero-order valence-corrected chi connectivity index (χ0v) is 5.74. The molecule has 1 aliphatic heterocycles. The topological polar surface area (TPSA) is 25.4 Å². The predicted octanol–water partition coefficient (Wildman–Crippen LogP) is 0.868. The van der Waals surface area contributed by atoms with Crippen molar-refractivity contribution in [2.45, 2.75) is 0 Å². The molecule has 0 spiro atoms. The molecule has 0 saturated carbocycles. The van der Waals surface area contributed by atoms with Crippen LogP contribution in [0.25, 0.3) is 0 Å². The molecule has 0 unspecified atom stereocenters. The van der Waals surface area contributed by atoms with Crippen molar-refractivity contribution in [2.24, 2.45) is 0 Å². The number of aromatic nitrogens is 1. The predicted molar refractivity (Wildman–Crippen MR) is 38.1 cm³/mol. The molecule has 0 atom stereocenters. The molecule has 1 aliphatic rings. The first kappa shape index (κ1) is 5.53. The Kier molecular flexibility index (Phi) is 1.03. The second-order valence-corrected chi connectivity index (χ2v) is 2.30. The molecule has 1 aromatic heterocycles. The molecule has 0 aliphatic carbocycles. The summed E-state index contributed by atoms with van der Waals surface area (Å²) in [5.74, 6) is 0.741. The van der Waals surface area contributed by atoms with Gasteiger partial charge in [-0.2, -0.15) is 0 Å². The molecule has 0 bridgehead atoms. The lowest BCUT2D eigenvalue weighted by Crippen LogP contribution is -2.14. The van der Waals surface area contributed by atoms with Crippen LogP contribution in [-0.2, 0) is 0 Å². The highest BCUT2D eigenvalue weighted by Gasteiger charge is 2.16. The molecule has 0 N–H and O–H groups in total. The van der Waals surface area contributed by atoms with Crippen molar-refractivity contribution in [3.8, 4) is 5.88 Å². The first-order valence-electron chi connectivity index (χ1n) is 3.17. The summed E-state index contributed by atoms with van der Waals surface area (Å²) in [5.41, 5.74) is 1.07. The van der Waals surface area contributed by atoms with Gasteiger partial charge in [-0.05, 0) is 12.1 Å². The van der Waals surface area contributed by atoms with E-state index in [0.29, 0.717) is 6.73 Å². The molecule has 1 aromatic rings. The zero-order valence-electron chi connectivity index (χ0n) is 5.74. The monoisotopic (exact) mass is 136 g/mol. The molecule has 2 rings (SSSR count). The van der Waals surface area contributed by atoms with Gasteiger partial charge in [0, 0.05) is 13.2 Å². The van der Waals surface area contributed by atoms with Crippen molar-refractivity contribution in [3.05, 3.63) is 18.3 Å². The van der Waals surface area contributed by atoms with E-state index < -0.39 is 0 Å². The van der Waals surface area contributed by atoms with Gasteiger partial charge >= 0.3 is 0 Å². The Bertz CT molecular complexity index is 249. The van der Waals surface area contributed by atoms with Crippen LogP contribution in [0.5, 0.6) is 5.88 Å². The lowest BCUT2D eigenvalue weighted by Gasteiger charge is -2.05. The van der Waals surface area contributed by atoms with E-state index in [4.69, 9.17) is 4.74 Å². The fraction of sp³-hybridized carbons (Fsp3) is 0.286. The molecule has 0 fully saturated rings. The normalized spacial score (nSPS) is 14.7. The van der Waals surface area contributed by atoms with Gasteiger partial charge in [-0.1, -0.05) is 0 Å². The maximum atomic E-state index is 5.23. The molecular weight excluding hydrogens is 128 g/mol. The highest BCUT2D eigenvalue weighted by Crippen LogP contribution is 2.28. The van der Waals surface area contributed by atoms with Gasteiger partial charge in [0.2, 0.25) is 5.88 Å². The highest BCUT2D eigenvalue weighted by atomic mass is 16.5. The molecule has 3 nitrogen and oxygen atoms in total. The summed E-state index contributed by atoms with van der Waals surface area (Å²) >= 11 is 0. The van der Waals surface area contributed by atoms with Gasteiger partial charge in [0.05, 0.1) is 0 Å². The molecule has 52 valence electrons. The van der Waals surface area contributed by atoms with Crippen molar-refractivity contribution >= 4 is 5.69 Å². The van der Waals surface area contributed by atoms with Crippen LogP contribution in [0.15, 0.2) is 18.3 Å². The number of nitrogens with zero attached hydrogens (tertiary/aromatic N) is 2. The fourth-order valence-electron chi connectivity index (χ4n) is 1.01. The second-order valence-electron chi connectivity index (χ2n) is 2.30. The lowest BCUT2D eigenvalue weighted by atomic mass is 10.4. The van der Waals surface area contributed by atoms with Gasteiger partial charge in [-0.25, -0.2) is 4.98 Å². The minimum Gasteiger partial charge on any atom is -0.455 e. The first-order valence-corrected chi connectivity index (χ1v) is 3.17. The van der Waals surface area contributed by atoms with E-state index in [2.05, 4.69) is 4.98 Å². The Balaban J connectivity index is 2.51. The van der Waals surface area contributed by atoms with Gasteiger partial charge in [0.25, 0.3) is 0 Å². The van der Waals surface area contributed by atoms with Gasteiger partial charge in [-0.15, -0.1) is 0 Å². The highest BCUT2D eigenvalue weighted by molar-refractivity contribution is 5.56. The van der Waals surface area contributed by atoms with E-state index in [1.165, 1.54) is 0 Å². The van der Waals surface area contributed by atoms with E-state index in [1.54, 1.807) is 6.20 Å². The average Bonchev–Trinajstić information content (AvgIpc) is 2.34. The molecule has 3 heteroatoms. The second kappa shape index (κ2) is 1.87. The maximum Gasteiger partial charge on any atom is 0.239 e. The van der Waals surface area contributed by atoms with Gasteiger partial charge in [-0.3, -0.25) is 0 Å². The first-order chi connectivity index (χ1) is 4.88. The van der Waals surface area contributed by atoms with Crippen LogP contribution in [0.3, 0.4) is 0 Å². The van der Waals surface area contributed by atoms with Crippen LogP contribution < -0.4 is 9.64 Å². The van der Waals surface area contributed by atoms with Crippen molar-refractivity contribution in [3.63, 3.8) is 0 Å². The molecule has 0 saturated heterocycles. The van der Waals surface area contributed by atoms with E-state index in [-0.39, 0.29) is 0 Å². The SMILES string of the molecule is CN1COc2ncccc21. The number of fused-ring (bicyclic) bond motifs is 1. The molecule has 2 heterocycles. The summed E-state index contributed by atoms with van der Waals surface area (Å²) in [5, 5.41) is 0. The quantitative estimate of drug-likeness (QED) is 0.529. The van der Waals surface area contributed by atoms with Crippen LogP contribution in [0.4, 0.5) is 5.69 Å². The van der Waals surface area contributed by atoms with Crippen molar-refractivity contribution in [2.75, 3.05) is 18.7 Å². The number of hydrogen-bond donors (Lipinski definition) is 0. The van der Waals surface area contributed by atoms with Crippen LogP contribution in [-0.4, -0.2) is 18.8 Å². The van der Waals surface area contributed by atoms with Crippen LogP contribution in [0, 0.1) is 0 Å². The third kappa shape index (κ3) is 0.635. The fourth-order valence-corrected chi connectivity index (χ4v) is 1.01. The summed E-state index contributed by atoms with van der Waals surface area (Å²) in [7, 11) is 1.98. The van der Waals surface area contributed by atoms with E-state index in [0.717, 1.165) is 11.6 Å². The Morgan fingerprint density at radius 2 is 2.60 bits per heavy atom. The molecule has 0 radical (unpaired) electrons. The smallest absolute Gasteiger partial charge is 0.239 e. The average molecular weight is 136 g/mol. The van der Waals surface area contributed by atoms with Crippen LogP contribution in [0.1, 0.15) is 0 Å². The summed E-state index contributed by atoms with van der Waals surface area (Å²) in [6.07, 6.45) is 1.73. The van der Waals surface area contributed by atoms with Crippen molar-refractivity contribution < 1.29 is 4.74 Å². The number of hydrogen-bond acceptors (Lipinski definition) is 3. The summed E-state index contributed by atoms with van der Waals surface area (Å²) in [4.78, 5) is 6.06. The number of ether oxygens (including phenoxy) is 1. The molecule has 0 amide bonds. The summed E-state index contributed by atoms with van der Waals surface area (Å²) < 4.78 is 5.23. The van der Waals surface area contributed by atoms with Crippen LogP contribution >= 0.6 is 0 Å². The van der Waals surface area contributed by atoms with Crippen molar-refractivity contribution in [1.29, 1.82) is 0 Å². The maximum absolute atomic E-state index is 5.23. The zero-order chi connectivity index (χ0) is 6.97. The third-order valence-corrected chi connectivity index (χ3v) is 1.56. The standard InChI is InChI=1S/C7H8N2O/c1-9-5-10-7-6(9)3-2-4-8-7/h2-4H,5H2,1H3. The van der Waals surface area contributed by atoms with Gasteiger partial charge in [0.15, 0.2) is 6.73 Å².